The number of nitrogens with one attached hydrogen (secondary N) is 2. The van der Waals surface area contributed by atoms with Gasteiger partial charge in [-0.3, -0.25) is 0 Å². The molecule has 7 N–H and O–H groups in total. The second kappa shape index (κ2) is 7.06. The van der Waals surface area contributed by atoms with Crippen molar-refractivity contribution in [2.45, 2.75) is 31.9 Å². The molecule has 1 aliphatic carbocycles. The smallest absolute Gasteiger partial charge is 0.247 e. The quantitative estimate of drug-likeness (QED) is 0.385. The average Bonchev–Trinajstić information content (AvgIpc) is 3.35. The highest BCUT2D eigenvalue weighted by Gasteiger charge is 2.30. The van der Waals surface area contributed by atoms with Crippen molar-refractivity contribution < 1.29 is 5.11 Å². The number of benzene rings is 1. The highest BCUT2D eigenvalue weighted by atomic mass is 35.5. The molecule has 158 valence electrons. The molecule has 2 aromatic heterocycles. The van der Waals surface area contributed by atoms with Crippen LogP contribution in [0.15, 0.2) is 18.3 Å². The first kappa shape index (κ1) is 19.0. The molecule has 2 fully saturated rings. The molecule has 1 aromatic carbocycles. The largest absolute Gasteiger partial charge is 0.399 e. The van der Waals surface area contributed by atoms with E-state index >= 15 is 0 Å². The van der Waals surface area contributed by atoms with Gasteiger partial charge in [0.15, 0.2) is 11.5 Å². The monoisotopic (exact) mass is 429 g/mol. The summed E-state index contributed by atoms with van der Waals surface area (Å²) in [6.07, 6.45) is 3.35. The number of anilines is 6. The van der Waals surface area contributed by atoms with Gasteiger partial charge in [0.05, 0.1) is 28.7 Å². The van der Waals surface area contributed by atoms with Gasteiger partial charge in [0, 0.05) is 30.7 Å². The number of fused-ring (bicyclic) bond motifs is 1. The predicted molar refractivity (Wildman–Crippen MR) is 118 cm³/mol. The predicted octanol–water partition coefficient (Wildman–Crippen LogP) is 2.08. The molecule has 2 atom stereocenters. The number of aromatic nitrogens is 4. The van der Waals surface area contributed by atoms with E-state index in [-0.39, 0.29) is 5.92 Å². The van der Waals surface area contributed by atoms with E-state index in [9.17, 15) is 5.11 Å². The molecule has 5 rings (SSSR count). The van der Waals surface area contributed by atoms with E-state index in [0.29, 0.717) is 58.8 Å². The van der Waals surface area contributed by atoms with Gasteiger partial charge in [-0.05, 0) is 25.0 Å². The Morgan fingerprint density at radius 3 is 2.73 bits per heavy atom. The summed E-state index contributed by atoms with van der Waals surface area (Å²) in [5.41, 5.74) is 14.6. The third kappa shape index (κ3) is 3.41. The summed E-state index contributed by atoms with van der Waals surface area (Å²) in [6.45, 7) is 3.22. The van der Waals surface area contributed by atoms with Crippen LogP contribution in [0.2, 0.25) is 5.02 Å². The topological polar surface area (TPSA) is 143 Å². The van der Waals surface area contributed by atoms with Gasteiger partial charge < -0.3 is 32.1 Å². The van der Waals surface area contributed by atoms with Gasteiger partial charge in [0.25, 0.3) is 0 Å². The van der Waals surface area contributed by atoms with Crippen LogP contribution in [0.4, 0.5) is 34.6 Å². The first-order valence-corrected chi connectivity index (χ1v) is 10.3. The molecule has 30 heavy (non-hydrogen) atoms. The van der Waals surface area contributed by atoms with Gasteiger partial charge in [0.2, 0.25) is 5.95 Å². The van der Waals surface area contributed by atoms with Crippen LogP contribution in [0.25, 0.3) is 5.65 Å². The molecule has 1 aliphatic heterocycles. The second-order valence-electron chi connectivity index (χ2n) is 8.10. The number of hydrogen-bond acceptors (Lipinski definition) is 9. The van der Waals surface area contributed by atoms with E-state index in [4.69, 9.17) is 23.1 Å². The zero-order valence-electron chi connectivity index (χ0n) is 16.5. The minimum absolute atomic E-state index is 0.157. The summed E-state index contributed by atoms with van der Waals surface area (Å²) in [7, 11) is 0. The van der Waals surface area contributed by atoms with Crippen molar-refractivity contribution in [3.05, 3.63) is 23.4 Å². The normalized spacial score (nSPS) is 21.4. The molecule has 1 saturated carbocycles. The summed E-state index contributed by atoms with van der Waals surface area (Å²) in [4.78, 5) is 10.9. The zero-order chi connectivity index (χ0) is 21.0. The second-order valence-corrected chi connectivity index (χ2v) is 8.48. The number of nitrogens with zero attached hydrogens (tertiary/aromatic N) is 5. The highest BCUT2D eigenvalue weighted by Crippen LogP contribution is 2.39. The van der Waals surface area contributed by atoms with Crippen LogP contribution in [0.5, 0.6) is 0 Å². The number of nitrogens with two attached hydrogens (primary N) is 2. The number of hydrogen-bond donors (Lipinski definition) is 5. The molecule has 1 saturated heterocycles. The van der Waals surface area contributed by atoms with E-state index in [1.165, 1.54) is 0 Å². The van der Waals surface area contributed by atoms with Crippen molar-refractivity contribution in [1.29, 1.82) is 0 Å². The summed E-state index contributed by atoms with van der Waals surface area (Å²) in [5, 5.41) is 21.6. The Hall–Kier alpha value is -2.98. The van der Waals surface area contributed by atoms with Gasteiger partial charge in [-0.1, -0.05) is 18.5 Å². The Balaban J connectivity index is 1.51. The first-order chi connectivity index (χ1) is 14.4. The minimum Gasteiger partial charge on any atom is -0.399 e. The van der Waals surface area contributed by atoms with Crippen molar-refractivity contribution in [2.24, 2.45) is 5.92 Å². The number of aliphatic hydroxyl groups excluding tert-OH is 1. The number of aliphatic hydroxyl groups is 1. The number of β-amino-alcohol motifs (C(OH)–C–C–N with tert-alkyl or cyclic N) is 1. The van der Waals surface area contributed by atoms with Crippen LogP contribution in [0.3, 0.4) is 0 Å². The molecular formula is C19H24ClN9O. The summed E-state index contributed by atoms with van der Waals surface area (Å²) < 4.78 is 1.54. The lowest BCUT2D eigenvalue weighted by atomic mass is 10.1. The van der Waals surface area contributed by atoms with Crippen LogP contribution < -0.4 is 27.0 Å². The molecule has 10 nitrogen and oxygen atoms in total. The Morgan fingerprint density at radius 1 is 1.23 bits per heavy atom. The number of rotatable bonds is 5. The van der Waals surface area contributed by atoms with Gasteiger partial charge >= 0.3 is 0 Å². The van der Waals surface area contributed by atoms with Gasteiger partial charge in [-0.25, -0.2) is 4.98 Å². The van der Waals surface area contributed by atoms with Crippen LogP contribution in [0.1, 0.15) is 19.8 Å². The Labute approximate surface area is 178 Å². The third-order valence-electron chi connectivity index (χ3n) is 5.54. The lowest BCUT2D eigenvalue weighted by Crippen LogP contribution is -2.22. The maximum absolute atomic E-state index is 10.1. The maximum atomic E-state index is 10.1. The lowest BCUT2D eigenvalue weighted by molar-refractivity contribution is 0.157. The lowest BCUT2D eigenvalue weighted by Gasteiger charge is -2.22. The van der Waals surface area contributed by atoms with Crippen LogP contribution >= 0.6 is 11.6 Å². The fourth-order valence-electron chi connectivity index (χ4n) is 3.69. The average molecular weight is 430 g/mol. The number of halogens is 1. The van der Waals surface area contributed by atoms with E-state index in [1.54, 1.807) is 16.8 Å². The Morgan fingerprint density at radius 2 is 2.03 bits per heavy atom. The van der Waals surface area contributed by atoms with E-state index in [0.717, 1.165) is 18.5 Å². The molecule has 0 bridgehead atoms. The molecule has 0 spiro atoms. The molecule has 11 heteroatoms. The molecule has 0 radical (unpaired) electrons. The van der Waals surface area contributed by atoms with Crippen molar-refractivity contribution in [1.82, 2.24) is 19.6 Å². The van der Waals surface area contributed by atoms with Gasteiger partial charge in [0.1, 0.15) is 5.82 Å². The number of nitrogen functional groups attached to an aromatic ring is 2. The van der Waals surface area contributed by atoms with Crippen LogP contribution in [-0.4, -0.2) is 49.9 Å². The Kier molecular flexibility index (Phi) is 4.48. The fourth-order valence-corrected chi connectivity index (χ4v) is 3.96. The molecular weight excluding hydrogens is 406 g/mol. The molecule has 0 amide bonds. The van der Waals surface area contributed by atoms with Crippen molar-refractivity contribution in [3.63, 3.8) is 0 Å². The first-order valence-electron chi connectivity index (χ1n) is 9.96. The highest BCUT2D eigenvalue weighted by molar-refractivity contribution is 6.36. The molecule has 3 heterocycles. The fraction of sp³-hybridized carbons (Fsp3) is 0.421. The van der Waals surface area contributed by atoms with Crippen LogP contribution in [-0.2, 0) is 0 Å². The van der Waals surface area contributed by atoms with Crippen molar-refractivity contribution >= 4 is 51.9 Å². The summed E-state index contributed by atoms with van der Waals surface area (Å²) >= 11 is 6.71. The number of imidazole rings is 1. The van der Waals surface area contributed by atoms with Gasteiger partial charge in [-0.15, -0.1) is 5.10 Å². The van der Waals surface area contributed by atoms with Crippen molar-refractivity contribution in [2.75, 3.05) is 40.1 Å². The molecule has 0 unspecified atom stereocenters. The van der Waals surface area contributed by atoms with E-state index in [2.05, 4.69) is 25.7 Å². The van der Waals surface area contributed by atoms with E-state index < -0.39 is 6.10 Å². The third-order valence-corrected chi connectivity index (χ3v) is 5.94. The van der Waals surface area contributed by atoms with Crippen LogP contribution in [0, 0.1) is 5.92 Å². The SMILES string of the molecule is C[C@@H]1CN(c2cc(N)cc(Nc3nc(NC4CC4)c4ncc(N)n4n3)c2Cl)C[C@@H]1O. The summed E-state index contributed by atoms with van der Waals surface area (Å²) in [5.74, 6) is 1.51. The van der Waals surface area contributed by atoms with Crippen molar-refractivity contribution in [3.8, 4) is 0 Å². The standard InChI is InChI=1S/C19H24ClN9O/c1-9-7-28(8-14(9)30)13-5-10(21)4-12(16(13)20)25-19-26-17(24-11-2-3-11)18-23-6-15(22)29(18)27-19/h4-6,9,11,14,30H,2-3,7-8,21-22H2,1H3,(H2,24,25,26,27)/t9-,14+/m1/s1. The molecule has 3 aromatic rings. The van der Waals surface area contributed by atoms with Gasteiger partial charge in [-0.2, -0.15) is 9.50 Å². The maximum Gasteiger partial charge on any atom is 0.247 e. The minimum atomic E-state index is -0.398. The summed E-state index contributed by atoms with van der Waals surface area (Å²) in [6, 6.07) is 3.94. The zero-order valence-corrected chi connectivity index (χ0v) is 17.3. The van der Waals surface area contributed by atoms with E-state index in [1.807, 2.05) is 17.9 Å². The Bertz CT molecular complexity index is 1100. The molecule has 2 aliphatic rings.